The highest BCUT2D eigenvalue weighted by Gasteiger charge is 2.45. The first-order valence-corrected chi connectivity index (χ1v) is 9.40. The van der Waals surface area contributed by atoms with Crippen LogP contribution in [0.15, 0.2) is 22.9 Å². The molecule has 1 saturated heterocycles. The number of nitrogens with one attached hydrogen (secondary N) is 1. The molecule has 0 unspecified atom stereocenters. The Morgan fingerprint density at radius 2 is 1.96 bits per heavy atom. The van der Waals surface area contributed by atoms with Crippen molar-refractivity contribution < 1.29 is 14.3 Å². The van der Waals surface area contributed by atoms with E-state index >= 15 is 0 Å². The first-order chi connectivity index (χ1) is 11.6. The Kier molecular flexibility index (Phi) is 5.57. The topological polar surface area (TPSA) is 60.5 Å². The molecule has 0 atom stereocenters. The Hall–Kier alpha value is -0.980. The number of esters is 1. The van der Waals surface area contributed by atoms with Gasteiger partial charge in [-0.1, -0.05) is 0 Å². The zero-order valence-corrected chi connectivity index (χ0v) is 15.7. The van der Waals surface area contributed by atoms with Gasteiger partial charge in [0.15, 0.2) is 0 Å². The van der Waals surface area contributed by atoms with Crippen LogP contribution in [0.4, 0.5) is 0 Å². The number of piperidine rings is 1. The molecular weight excluding hydrogens is 372 g/mol. The summed E-state index contributed by atoms with van der Waals surface area (Å²) in [5, 5.41) is 3.46. The molecule has 0 amide bonds. The van der Waals surface area contributed by atoms with E-state index in [1.807, 2.05) is 6.07 Å². The second-order valence-corrected chi connectivity index (χ2v) is 7.82. The Labute approximate surface area is 151 Å². The van der Waals surface area contributed by atoms with Crippen molar-refractivity contribution in [2.45, 2.75) is 44.1 Å². The summed E-state index contributed by atoms with van der Waals surface area (Å²) < 4.78 is 11.9. The first kappa shape index (κ1) is 17.8. The summed E-state index contributed by atoms with van der Waals surface area (Å²) in [6.45, 7) is 2.20. The third kappa shape index (κ3) is 3.65. The van der Waals surface area contributed by atoms with Crippen LogP contribution in [0.2, 0.25) is 0 Å². The van der Waals surface area contributed by atoms with Crippen LogP contribution >= 0.6 is 15.9 Å². The highest BCUT2D eigenvalue weighted by Crippen LogP contribution is 2.52. The Bertz CT molecular complexity index is 577. The number of hydrogen-bond acceptors (Lipinski definition) is 5. The number of methoxy groups -OCH3 is 1. The van der Waals surface area contributed by atoms with Crippen LogP contribution in [0.25, 0.3) is 0 Å². The van der Waals surface area contributed by atoms with E-state index in [-0.39, 0.29) is 12.6 Å². The molecule has 5 nitrogen and oxygen atoms in total. The molecule has 1 aromatic rings. The summed E-state index contributed by atoms with van der Waals surface area (Å²) >= 11 is 3.61. The molecule has 1 saturated carbocycles. The van der Waals surface area contributed by atoms with Crippen LogP contribution in [0.1, 0.15) is 44.1 Å². The van der Waals surface area contributed by atoms with Gasteiger partial charge < -0.3 is 14.8 Å². The predicted octanol–water partition coefficient (Wildman–Crippen LogP) is 3.17. The Balaban J connectivity index is 1.81. The second kappa shape index (κ2) is 7.50. The van der Waals surface area contributed by atoms with E-state index in [2.05, 4.69) is 26.2 Å². The van der Waals surface area contributed by atoms with Crippen LogP contribution in [0.5, 0.6) is 0 Å². The van der Waals surface area contributed by atoms with Crippen molar-refractivity contribution in [2.75, 3.05) is 26.8 Å². The van der Waals surface area contributed by atoms with Gasteiger partial charge >= 0.3 is 5.97 Å². The van der Waals surface area contributed by atoms with Gasteiger partial charge in [-0.2, -0.15) is 0 Å². The molecule has 1 aliphatic heterocycles. The number of aromatic nitrogens is 1. The standard InChI is InChI=1S/C18H25BrN2O3/c1-23-16(22)13-24-18(14-2-9-21-12-15(14)19)5-3-17(4-6-18)7-10-20-11-8-17/h2,9,12,20H,3-8,10-11,13H2,1H3. The lowest BCUT2D eigenvalue weighted by Crippen LogP contribution is -2.45. The van der Waals surface area contributed by atoms with Crippen molar-refractivity contribution in [3.8, 4) is 0 Å². The fraction of sp³-hybridized carbons (Fsp3) is 0.667. The molecule has 0 aromatic carbocycles. The van der Waals surface area contributed by atoms with Crippen LogP contribution in [0.3, 0.4) is 0 Å². The summed E-state index contributed by atoms with van der Waals surface area (Å²) in [4.78, 5) is 15.8. The number of carbonyl (C=O) groups is 1. The molecule has 3 rings (SSSR count). The molecule has 6 heteroatoms. The van der Waals surface area contributed by atoms with Gasteiger partial charge in [-0.15, -0.1) is 0 Å². The zero-order valence-electron chi connectivity index (χ0n) is 14.1. The maximum absolute atomic E-state index is 11.6. The van der Waals surface area contributed by atoms with Crippen molar-refractivity contribution in [1.29, 1.82) is 0 Å². The minimum atomic E-state index is -0.438. The van der Waals surface area contributed by atoms with Gasteiger partial charge in [-0.05, 0) is 79.0 Å². The van der Waals surface area contributed by atoms with E-state index in [0.29, 0.717) is 5.41 Å². The quantitative estimate of drug-likeness (QED) is 0.791. The van der Waals surface area contributed by atoms with Crippen LogP contribution < -0.4 is 5.32 Å². The lowest BCUT2D eigenvalue weighted by Gasteiger charge is -2.48. The smallest absolute Gasteiger partial charge is 0.331 e. The summed E-state index contributed by atoms with van der Waals surface area (Å²) in [5.41, 5.74) is 1.08. The van der Waals surface area contributed by atoms with Crippen molar-refractivity contribution in [1.82, 2.24) is 10.3 Å². The van der Waals surface area contributed by atoms with E-state index < -0.39 is 5.60 Å². The summed E-state index contributed by atoms with van der Waals surface area (Å²) in [6, 6.07) is 2.00. The monoisotopic (exact) mass is 396 g/mol. The molecule has 24 heavy (non-hydrogen) atoms. The molecule has 1 aliphatic carbocycles. The molecule has 0 bridgehead atoms. The zero-order chi connectivity index (χ0) is 17.0. The van der Waals surface area contributed by atoms with Gasteiger partial charge in [0, 0.05) is 22.4 Å². The van der Waals surface area contributed by atoms with Gasteiger partial charge in [-0.25, -0.2) is 4.79 Å². The number of pyridine rings is 1. The number of hydrogen-bond donors (Lipinski definition) is 1. The van der Waals surface area contributed by atoms with E-state index in [4.69, 9.17) is 9.47 Å². The summed E-state index contributed by atoms with van der Waals surface area (Å²) in [6.07, 6.45) is 10.2. The van der Waals surface area contributed by atoms with Crippen LogP contribution in [-0.2, 0) is 19.9 Å². The summed E-state index contributed by atoms with van der Waals surface area (Å²) in [7, 11) is 1.39. The van der Waals surface area contributed by atoms with Gasteiger partial charge in [0.2, 0.25) is 0 Å². The van der Waals surface area contributed by atoms with E-state index in [9.17, 15) is 4.79 Å². The lowest BCUT2D eigenvalue weighted by atomic mass is 9.63. The highest BCUT2D eigenvalue weighted by atomic mass is 79.9. The molecule has 1 N–H and O–H groups in total. The molecule has 132 valence electrons. The van der Waals surface area contributed by atoms with Crippen LogP contribution in [0, 0.1) is 5.41 Å². The third-order valence-corrected chi connectivity index (χ3v) is 6.37. The lowest BCUT2D eigenvalue weighted by molar-refractivity contribution is -0.160. The second-order valence-electron chi connectivity index (χ2n) is 6.96. The number of halogens is 1. The highest BCUT2D eigenvalue weighted by molar-refractivity contribution is 9.10. The molecule has 2 aliphatic rings. The minimum absolute atomic E-state index is 0.0141. The van der Waals surface area contributed by atoms with E-state index in [1.54, 1.807) is 12.4 Å². The Morgan fingerprint density at radius 1 is 1.25 bits per heavy atom. The molecular formula is C18H25BrN2O3. The van der Waals surface area contributed by atoms with Crippen molar-refractivity contribution in [3.05, 3.63) is 28.5 Å². The largest absolute Gasteiger partial charge is 0.467 e. The maximum atomic E-state index is 11.6. The third-order valence-electron chi connectivity index (χ3n) is 5.74. The van der Waals surface area contributed by atoms with E-state index in [1.165, 1.54) is 20.0 Å². The maximum Gasteiger partial charge on any atom is 0.331 e. The van der Waals surface area contributed by atoms with Crippen molar-refractivity contribution >= 4 is 21.9 Å². The van der Waals surface area contributed by atoms with Crippen molar-refractivity contribution in [2.24, 2.45) is 5.41 Å². The molecule has 1 aromatic heterocycles. The first-order valence-electron chi connectivity index (χ1n) is 8.61. The SMILES string of the molecule is COC(=O)COC1(c2ccncc2Br)CCC2(CCNCC2)CC1. The van der Waals surface area contributed by atoms with Gasteiger partial charge in [0.1, 0.15) is 6.61 Å². The number of carbonyl (C=O) groups excluding carboxylic acids is 1. The molecule has 2 fully saturated rings. The predicted molar refractivity (Wildman–Crippen MR) is 94.6 cm³/mol. The van der Waals surface area contributed by atoms with E-state index in [0.717, 1.165) is 48.8 Å². The van der Waals surface area contributed by atoms with Crippen LogP contribution in [-0.4, -0.2) is 37.8 Å². The van der Waals surface area contributed by atoms with Gasteiger partial charge in [0.25, 0.3) is 0 Å². The minimum Gasteiger partial charge on any atom is -0.467 e. The molecule has 1 spiro atoms. The Morgan fingerprint density at radius 3 is 2.58 bits per heavy atom. The molecule has 2 heterocycles. The van der Waals surface area contributed by atoms with Gasteiger partial charge in [-0.3, -0.25) is 4.98 Å². The fourth-order valence-corrected chi connectivity index (χ4v) is 4.75. The number of rotatable bonds is 4. The van der Waals surface area contributed by atoms with Gasteiger partial charge in [0.05, 0.1) is 12.7 Å². The average molecular weight is 397 g/mol. The fourth-order valence-electron chi connectivity index (χ4n) is 4.13. The molecule has 0 radical (unpaired) electrons. The normalized spacial score (nSPS) is 22.2. The summed E-state index contributed by atoms with van der Waals surface area (Å²) in [5.74, 6) is -0.332. The number of nitrogens with zero attached hydrogens (tertiary/aromatic N) is 1. The average Bonchev–Trinajstić information content (AvgIpc) is 2.63. The number of ether oxygens (including phenoxy) is 2. The van der Waals surface area contributed by atoms with Crippen molar-refractivity contribution in [3.63, 3.8) is 0 Å².